The number of aryl methyl sites for hydroxylation is 2. The van der Waals surface area contributed by atoms with Gasteiger partial charge in [-0.3, -0.25) is 9.78 Å². The van der Waals surface area contributed by atoms with E-state index in [2.05, 4.69) is 25.6 Å². The molecule has 9 heteroatoms. The van der Waals surface area contributed by atoms with E-state index in [1.54, 1.807) is 23.7 Å². The molecule has 3 aromatic rings. The smallest absolute Gasteiger partial charge is 0.252 e. The molecule has 0 aliphatic rings. The van der Waals surface area contributed by atoms with E-state index >= 15 is 0 Å². The standard InChI is InChI=1S/C16H14Cl2N6O/c1-9-6-14(25)21-16(20-9)22-19-8-13-10(2)23-24(15(13)18)12-5-3-4-11(17)7-12/h3-8H,1-2H3,(H2,20,21,22,25)/b19-8-. The van der Waals surface area contributed by atoms with Crippen LogP contribution in [0.2, 0.25) is 10.2 Å². The van der Waals surface area contributed by atoms with Crippen molar-refractivity contribution < 1.29 is 0 Å². The lowest BCUT2D eigenvalue weighted by atomic mass is 10.3. The third-order valence-electron chi connectivity index (χ3n) is 3.33. The van der Waals surface area contributed by atoms with Gasteiger partial charge in [-0.05, 0) is 32.0 Å². The van der Waals surface area contributed by atoms with Gasteiger partial charge < -0.3 is 0 Å². The minimum Gasteiger partial charge on any atom is -0.291 e. The molecular formula is C16H14Cl2N6O. The Balaban J connectivity index is 1.87. The second-order valence-electron chi connectivity index (χ2n) is 5.29. The maximum Gasteiger partial charge on any atom is 0.252 e. The Labute approximate surface area is 153 Å². The predicted molar refractivity (Wildman–Crippen MR) is 99.1 cm³/mol. The lowest BCUT2D eigenvalue weighted by Gasteiger charge is -2.03. The Morgan fingerprint density at radius 3 is 2.80 bits per heavy atom. The number of aromatic nitrogens is 4. The zero-order valence-electron chi connectivity index (χ0n) is 13.4. The van der Waals surface area contributed by atoms with E-state index in [1.165, 1.54) is 12.3 Å². The Bertz CT molecular complexity index is 1010. The molecule has 0 unspecified atom stereocenters. The van der Waals surface area contributed by atoms with E-state index < -0.39 is 0 Å². The minimum absolute atomic E-state index is 0.247. The van der Waals surface area contributed by atoms with E-state index in [0.29, 0.717) is 27.1 Å². The summed E-state index contributed by atoms with van der Waals surface area (Å²) in [4.78, 5) is 18.1. The molecule has 2 aromatic heterocycles. The largest absolute Gasteiger partial charge is 0.291 e. The Morgan fingerprint density at radius 1 is 1.28 bits per heavy atom. The normalized spacial score (nSPS) is 11.2. The first-order chi connectivity index (χ1) is 11.9. The lowest BCUT2D eigenvalue weighted by Crippen LogP contribution is -2.10. The number of aromatic amines is 1. The molecule has 0 spiro atoms. The summed E-state index contributed by atoms with van der Waals surface area (Å²) < 4.78 is 1.58. The second-order valence-corrected chi connectivity index (χ2v) is 6.08. The summed E-state index contributed by atoms with van der Waals surface area (Å²) in [6.07, 6.45) is 1.52. The van der Waals surface area contributed by atoms with Gasteiger partial charge in [-0.25, -0.2) is 15.1 Å². The molecule has 0 radical (unpaired) electrons. The molecule has 0 aliphatic heterocycles. The van der Waals surface area contributed by atoms with Crippen LogP contribution in [-0.4, -0.2) is 26.0 Å². The lowest BCUT2D eigenvalue weighted by molar-refractivity contribution is 0.863. The van der Waals surface area contributed by atoms with Crippen molar-refractivity contribution in [3.8, 4) is 5.69 Å². The van der Waals surface area contributed by atoms with E-state index in [0.717, 1.165) is 5.69 Å². The second kappa shape index (κ2) is 7.08. The van der Waals surface area contributed by atoms with Gasteiger partial charge in [-0.15, -0.1) is 0 Å². The van der Waals surface area contributed by atoms with Crippen LogP contribution in [0.15, 0.2) is 40.2 Å². The first-order valence-corrected chi connectivity index (χ1v) is 8.08. The number of H-pyrrole nitrogens is 1. The number of benzene rings is 1. The summed E-state index contributed by atoms with van der Waals surface area (Å²) in [7, 11) is 0. The predicted octanol–water partition coefficient (Wildman–Crippen LogP) is 3.33. The van der Waals surface area contributed by atoms with Crippen LogP contribution in [0.3, 0.4) is 0 Å². The molecule has 2 heterocycles. The molecule has 0 saturated heterocycles. The maximum atomic E-state index is 11.4. The number of hydrazone groups is 1. The molecule has 0 aliphatic carbocycles. The highest BCUT2D eigenvalue weighted by molar-refractivity contribution is 6.32. The minimum atomic E-state index is -0.256. The topological polar surface area (TPSA) is 88.0 Å². The van der Waals surface area contributed by atoms with Crippen LogP contribution in [-0.2, 0) is 0 Å². The van der Waals surface area contributed by atoms with E-state index in [9.17, 15) is 4.79 Å². The van der Waals surface area contributed by atoms with Gasteiger partial charge in [0.25, 0.3) is 5.56 Å². The van der Waals surface area contributed by atoms with Crippen molar-refractivity contribution in [1.82, 2.24) is 19.7 Å². The third kappa shape index (κ3) is 3.89. The molecule has 7 nitrogen and oxygen atoms in total. The Morgan fingerprint density at radius 2 is 2.08 bits per heavy atom. The quantitative estimate of drug-likeness (QED) is 0.539. The summed E-state index contributed by atoms with van der Waals surface area (Å²) in [6, 6.07) is 8.60. The van der Waals surface area contributed by atoms with Crippen molar-refractivity contribution in [2.45, 2.75) is 13.8 Å². The Hall–Kier alpha value is -2.64. The first kappa shape index (κ1) is 17.2. The molecule has 0 fully saturated rings. The SMILES string of the molecule is Cc1cc(=O)[nH]c(N/N=C\c2c(C)nn(-c3cccc(Cl)c3)c2Cl)n1. The fraction of sp³-hybridized carbons (Fsp3) is 0.125. The summed E-state index contributed by atoms with van der Waals surface area (Å²) in [5, 5.41) is 9.47. The fourth-order valence-electron chi connectivity index (χ4n) is 2.23. The van der Waals surface area contributed by atoms with Crippen molar-refractivity contribution >= 4 is 35.4 Å². The van der Waals surface area contributed by atoms with Gasteiger partial charge >= 0.3 is 0 Å². The molecular weight excluding hydrogens is 363 g/mol. The van der Waals surface area contributed by atoms with E-state index in [1.807, 2.05) is 19.1 Å². The van der Waals surface area contributed by atoms with Crippen LogP contribution in [0.5, 0.6) is 0 Å². The molecule has 3 rings (SSSR count). The number of hydrogen-bond donors (Lipinski definition) is 2. The summed E-state index contributed by atoms with van der Waals surface area (Å²) in [5.41, 5.74) is 5.09. The van der Waals surface area contributed by atoms with Crippen molar-refractivity contribution in [3.63, 3.8) is 0 Å². The maximum absolute atomic E-state index is 11.4. The van der Waals surface area contributed by atoms with Crippen LogP contribution in [0.25, 0.3) is 5.69 Å². The van der Waals surface area contributed by atoms with Crippen molar-refractivity contribution in [3.05, 3.63) is 67.8 Å². The van der Waals surface area contributed by atoms with Gasteiger partial charge in [0.2, 0.25) is 5.95 Å². The van der Waals surface area contributed by atoms with E-state index in [4.69, 9.17) is 23.2 Å². The average Bonchev–Trinajstić information content (AvgIpc) is 2.82. The van der Waals surface area contributed by atoms with Crippen LogP contribution >= 0.6 is 23.2 Å². The highest BCUT2D eigenvalue weighted by Crippen LogP contribution is 2.23. The molecule has 0 saturated carbocycles. The fourth-order valence-corrected chi connectivity index (χ4v) is 2.73. The summed E-state index contributed by atoms with van der Waals surface area (Å²) in [5.74, 6) is 0.247. The van der Waals surface area contributed by atoms with Crippen LogP contribution in [0.1, 0.15) is 17.0 Å². The molecule has 0 amide bonds. The van der Waals surface area contributed by atoms with Gasteiger partial charge in [0.15, 0.2) is 0 Å². The van der Waals surface area contributed by atoms with Gasteiger partial charge in [-0.2, -0.15) is 10.2 Å². The highest BCUT2D eigenvalue weighted by atomic mass is 35.5. The van der Waals surface area contributed by atoms with E-state index in [-0.39, 0.29) is 11.5 Å². The van der Waals surface area contributed by atoms with Gasteiger partial charge in [0.1, 0.15) is 5.15 Å². The molecule has 25 heavy (non-hydrogen) atoms. The molecule has 128 valence electrons. The first-order valence-electron chi connectivity index (χ1n) is 7.32. The van der Waals surface area contributed by atoms with Crippen molar-refractivity contribution in [1.29, 1.82) is 0 Å². The summed E-state index contributed by atoms with van der Waals surface area (Å²) in [6.45, 7) is 3.54. The number of hydrogen-bond acceptors (Lipinski definition) is 5. The van der Waals surface area contributed by atoms with Crippen molar-refractivity contribution in [2.24, 2.45) is 5.10 Å². The third-order valence-corrected chi connectivity index (χ3v) is 3.93. The monoisotopic (exact) mass is 376 g/mol. The number of halogens is 2. The number of anilines is 1. The molecule has 0 bridgehead atoms. The molecule has 1 aromatic carbocycles. The summed E-state index contributed by atoms with van der Waals surface area (Å²) >= 11 is 12.4. The van der Waals surface area contributed by atoms with Gasteiger partial charge in [0, 0.05) is 16.8 Å². The van der Waals surface area contributed by atoms with Crippen LogP contribution in [0, 0.1) is 13.8 Å². The van der Waals surface area contributed by atoms with Crippen molar-refractivity contribution in [2.75, 3.05) is 5.43 Å². The Kier molecular flexibility index (Phi) is 4.87. The molecule has 0 atom stereocenters. The zero-order chi connectivity index (χ0) is 18.0. The molecule has 2 N–H and O–H groups in total. The number of nitrogens with zero attached hydrogens (tertiary/aromatic N) is 4. The zero-order valence-corrected chi connectivity index (χ0v) is 14.9. The number of rotatable bonds is 4. The van der Waals surface area contributed by atoms with Gasteiger partial charge in [-0.1, -0.05) is 29.3 Å². The highest BCUT2D eigenvalue weighted by Gasteiger charge is 2.13. The average molecular weight is 377 g/mol. The van der Waals surface area contributed by atoms with Crippen LogP contribution in [0.4, 0.5) is 5.95 Å². The van der Waals surface area contributed by atoms with Gasteiger partial charge in [0.05, 0.1) is 23.2 Å². The number of nitrogens with one attached hydrogen (secondary N) is 2. The van der Waals surface area contributed by atoms with Crippen LogP contribution < -0.4 is 11.0 Å².